The Hall–Kier alpha value is -1.60. The summed E-state index contributed by atoms with van der Waals surface area (Å²) in [5.41, 5.74) is 0. The van der Waals surface area contributed by atoms with Gasteiger partial charge in [-0.2, -0.15) is 0 Å². The fourth-order valence-corrected chi connectivity index (χ4v) is 0.473. The van der Waals surface area contributed by atoms with Crippen molar-refractivity contribution in [2.45, 2.75) is 12.2 Å². The molecule has 0 saturated heterocycles. The molecule has 0 rings (SSSR count). The monoisotopic (exact) mass is 192 g/mol. The molecule has 13 heavy (non-hydrogen) atoms. The van der Waals surface area contributed by atoms with Crippen LogP contribution in [-0.2, 0) is 9.59 Å². The quantitative estimate of drug-likeness (QED) is 0.265. The Morgan fingerprint density at radius 3 is 1.85 bits per heavy atom. The van der Waals surface area contributed by atoms with Gasteiger partial charge >= 0.3 is 5.97 Å². The van der Waals surface area contributed by atoms with Crippen molar-refractivity contribution in [3.63, 3.8) is 0 Å². The number of rotatable bonds is 4. The van der Waals surface area contributed by atoms with Gasteiger partial charge in [-0.05, 0) is 0 Å². The summed E-state index contributed by atoms with van der Waals surface area (Å²) in [5.74, 6) is -4.47. The van der Waals surface area contributed by atoms with Gasteiger partial charge in [-0.15, -0.1) is 0 Å². The average molecular weight is 192 g/mol. The Balaban J connectivity index is 4.79. The van der Waals surface area contributed by atoms with Crippen molar-refractivity contribution in [1.82, 2.24) is 0 Å². The zero-order chi connectivity index (χ0) is 10.6. The van der Waals surface area contributed by atoms with Crippen LogP contribution in [-0.4, -0.2) is 50.0 Å². The van der Waals surface area contributed by atoms with E-state index >= 15 is 0 Å². The predicted molar refractivity (Wildman–Crippen MR) is 38.0 cm³/mol. The molecule has 0 aliphatic carbocycles. The van der Waals surface area contributed by atoms with Crippen LogP contribution in [0, 0.1) is 0 Å². The van der Waals surface area contributed by atoms with Crippen molar-refractivity contribution in [2.75, 3.05) is 0 Å². The first-order chi connectivity index (χ1) is 5.91. The molecule has 0 radical (unpaired) electrons. The second-order valence-electron chi connectivity index (χ2n) is 2.09. The highest BCUT2D eigenvalue weighted by atomic mass is 16.4. The maximum atomic E-state index is 10.0. The Morgan fingerprint density at radius 2 is 1.54 bits per heavy atom. The molecule has 0 aliphatic heterocycles. The van der Waals surface area contributed by atoms with Gasteiger partial charge in [0.1, 0.15) is 0 Å². The number of hydrogen-bond donors (Lipinski definition) is 5. The minimum absolute atomic E-state index is 0.139. The van der Waals surface area contributed by atoms with E-state index in [1.54, 1.807) is 0 Å². The lowest BCUT2D eigenvalue weighted by Crippen LogP contribution is -2.26. The highest BCUT2D eigenvalue weighted by Gasteiger charge is 2.25. The van der Waals surface area contributed by atoms with E-state index in [0.717, 1.165) is 0 Å². The van der Waals surface area contributed by atoms with Crippen molar-refractivity contribution in [1.29, 1.82) is 0 Å². The molecule has 74 valence electrons. The number of aliphatic carboxylic acids is 1. The molecule has 2 unspecified atom stereocenters. The van der Waals surface area contributed by atoms with Crippen LogP contribution in [0.1, 0.15) is 0 Å². The maximum absolute atomic E-state index is 10.0. The number of aliphatic hydroxyl groups excluding tert-OH is 4. The number of carbonyl (C=O) groups excluding carboxylic acids is 1. The summed E-state index contributed by atoms with van der Waals surface area (Å²) < 4.78 is 0. The van der Waals surface area contributed by atoms with Crippen molar-refractivity contribution in [2.24, 2.45) is 0 Å². The smallest absolute Gasteiger partial charge is 0.340 e. The second-order valence-corrected chi connectivity index (χ2v) is 2.09. The number of carbonyl (C=O) groups is 2. The standard InChI is InChI=1S/C6H8O7/c7-1-2(8)3(9)4(10)5(11)6(12)13/h1-2,5,8-11H,(H,12,13)/b4-3+. The molecule has 7 heteroatoms. The van der Waals surface area contributed by atoms with Gasteiger partial charge in [0.25, 0.3) is 0 Å². The number of hydrogen-bond acceptors (Lipinski definition) is 6. The SMILES string of the molecule is O=CC(O)/C(O)=C(\O)C(O)C(=O)O. The summed E-state index contributed by atoms with van der Waals surface area (Å²) in [6, 6.07) is 0. The summed E-state index contributed by atoms with van der Waals surface area (Å²) >= 11 is 0. The molecule has 0 aromatic heterocycles. The van der Waals surface area contributed by atoms with Gasteiger partial charge in [0.2, 0.25) is 6.10 Å². The van der Waals surface area contributed by atoms with Gasteiger partial charge in [-0.3, -0.25) is 4.79 Å². The molecule has 2 atom stereocenters. The van der Waals surface area contributed by atoms with Gasteiger partial charge in [0, 0.05) is 0 Å². The van der Waals surface area contributed by atoms with Crippen LogP contribution in [0.2, 0.25) is 0 Å². The lowest BCUT2D eigenvalue weighted by Gasteiger charge is -2.08. The zero-order valence-corrected chi connectivity index (χ0v) is 6.28. The third-order valence-corrected chi connectivity index (χ3v) is 1.16. The molecule has 0 spiro atoms. The molecule has 5 N–H and O–H groups in total. The predicted octanol–water partition coefficient (Wildman–Crippen LogP) is -1.68. The van der Waals surface area contributed by atoms with Crippen molar-refractivity contribution < 1.29 is 35.1 Å². The number of carboxylic acid groups (broad SMARTS) is 1. The number of aldehydes is 1. The highest BCUT2D eigenvalue weighted by Crippen LogP contribution is 2.06. The van der Waals surface area contributed by atoms with Gasteiger partial charge in [0.05, 0.1) is 0 Å². The van der Waals surface area contributed by atoms with Gasteiger partial charge in [-0.1, -0.05) is 0 Å². The Morgan fingerprint density at radius 1 is 1.08 bits per heavy atom. The fraction of sp³-hybridized carbons (Fsp3) is 0.333. The summed E-state index contributed by atoms with van der Waals surface area (Å²) in [7, 11) is 0. The third kappa shape index (κ3) is 2.73. The van der Waals surface area contributed by atoms with Gasteiger partial charge < -0.3 is 25.5 Å². The van der Waals surface area contributed by atoms with E-state index < -0.39 is 29.7 Å². The first kappa shape index (κ1) is 11.4. The molecule has 7 nitrogen and oxygen atoms in total. The van der Waals surface area contributed by atoms with E-state index in [-0.39, 0.29) is 6.29 Å². The van der Waals surface area contributed by atoms with E-state index in [2.05, 4.69) is 0 Å². The highest BCUT2D eigenvalue weighted by molar-refractivity contribution is 5.75. The van der Waals surface area contributed by atoms with E-state index in [0.29, 0.717) is 0 Å². The van der Waals surface area contributed by atoms with Gasteiger partial charge in [-0.25, -0.2) is 4.79 Å². The normalized spacial score (nSPS) is 17.1. The van der Waals surface area contributed by atoms with Crippen LogP contribution < -0.4 is 0 Å². The van der Waals surface area contributed by atoms with Crippen LogP contribution in [0.4, 0.5) is 0 Å². The van der Waals surface area contributed by atoms with E-state index in [1.807, 2.05) is 0 Å². The van der Waals surface area contributed by atoms with Crippen LogP contribution in [0.25, 0.3) is 0 Å². The molecule has 0 aromatic carbocycles. The minimum atomic E-state index is -2.37. The molecule has 0 saturated carbocycles. The largest absolute Gasteiger partial charge is 0.506 e. The molecular formula is C6H8O7. The topological polar surface area (TPSA) is 135 Å². The van der Waals surface area contributed by atoms with Crippen LogP contribution in [0.5, 0.6) is 0 Å². The summed E-state index contributed by atoms with van der Waals surface area (Å²) in [6.45, 7) is 0. The fourth-order valence-electron chi connectivity index (χ4n) is 0.473. The molecular weight excluding hydrogens is 184 g/mol. The Bertz CT molecular complexity index is 243. The van der Waals surface area contributed by atoms with Crippen LogP contribution in [0.3, 0.4) is 0 Å². The third-order valence-electron chi connectivity index (χ3n) is 1.16. The second kappa shape index (κ2) is 4.43. The Kier molecular flexibility index (Phi) is 3.89. The molecule has 0 aromatic rings. The molecule has 0 aliphatic rings. The van der Waals surface area contributed by atoms with Crippen molar-refractivity contribution >= 4 is 12.3 Å². The molecule has 0 fully saturated rings. The average Bonchev–Trinajstić information content (AvgIpc) is 2.12. The lowest BCUT2D eigenvalue weighted by atomic mass is 10.2. The zero-order valence-electron chi connectivity index (χ0n) is 6.28. The first-order valence-electron chi connectivity index (χ1n) is 3.08. The molecule has 0 bridgehead atoms. The van der Waals surface area contributed by atoms with Crippen molar-refractivity contribution in [3.8, 4) is 0 Å². The summed E-state index contributed by atoms with van der Waals surface area (Å²) in [4.78, 5) is 19.9. The minimum Gasteiger partial charge on any atom is -0.506 e. The van der Waals surface area contributed by atoms with E-state index in [9.17, 15) is 9.59 Å². The van der Waals surface area contributed by atoms with Crippen molar-refractivity contribution in [3.05, 3.63) is 11.5 Å². The van der Waals surface area contributed by atoms with Gasteiger partial charge in [0.15, 0.2) is 23.9 Å². The van der Waals surface area contributed by atoms with E-state index in [1.165, 1.54) is 0 Å². The first-order valence-corrected chi connectivity index (χ1v) is 3.08. The lowest BCUT2D eigenvalue weighted by molar-refractivity contribution is -0.146. The number of carboxylic acids is 1. The maximum Gasteiger partial charge on any atom is 0.340 e. The molecule has 0 amide bonds. The van der Waals surface area contributed by atoms with Crippen LogP contribution >= 0.6 is 0 Å². The summed E-state index contributed by atoms with van der Waals surface area (Å²) in [6.07, 6.45) is -4.55. The van der Waals surface area contributed by atoms with Crippen LogP contribution in [0.15, 0.2) is 11.5 Å². The Labute approximate surface area is 72.2 Å². The molecule has 0 heterocycles. The number of aliphatic hydroxyl groups is 4. The van der Waals surface area contributed by atoms with E-state index in [4.69, 9.17) is 25.5 Å². The summed E-state index contributed by atoms with van der Waals surface area (Å²) in [5, 5.41) is 42.8.